The van der Waals surface area contributed by atoms with Crippen molar-refractivity contribution in [1.82, 2.24) is 9.88 Å². The number of hydrogen-bond donors (Lipinski definition) is 1. The van der Waals surface area contributed by atoms with Gasteiger partial charge in [0.15, 0.2) is 0 Å². The topological polar surface area (TPSA) is 51.1 Å². The molecule has 3 aromatic rings. The quantitative estimate of drug-likeness (QED) is 0.772. The molecule has 0 radical (unpaired) electrons. The molecule has 6 heteroatoms. The minimum Gasteiger partial charge on any atom is -0.345 e. The fourth-order valence-electron chi connectivity index (χ4n) is 3.42. The van der Waals surface area contributed by atoms with Crippen LogP contribution >= 0.6 is 11.3 Å². The highest BCUT2D eigenvalue weighted by Crippen LogP contribution is 2.32. The average molecular weight is 361 g/mol. The molecule has 1 N–H and O–H groups in total. The van der Waals surface area contributed by atoms with Gasteiger partial charge in [-0.25, -0.2) is 8.42 Å². The lowest BCUT2D eigenvalue weighted by Crippen LogP contribution is -2.37. The van der Waals surface area contributed by atoms with Crippen molar-refractivity contribution < 1.29 is 8.42 Å². The van der Waals surface area contributed by atoms with Crippen LogP contribution in [0.15, 0.2) is 57.1 Å². The van der Waals surface area contributed by atoms with Crippen molar-refractivity contribution in [3.63, 3.8) is 0 Å². The van der Waals surface area contributed by atoms with E-state index in [1.807, 2.05) is 30.5 Å². The van der Waals surface area contributed by atoms with E-state index in [4.69, 9.17) is 0 Å². The van der Waals surface area contributed by atoms with Gasteiger partial charge in [-0.05, 0) is 36.9 Å². The van der Waals surface area contributed by atoms with E-state index in [-0.39, 0.29) is 0 Å². The molecule has 4 rings (SSSR count). The van der Waals surface area contributed by atoms with Gasteiger partial charge < -0.3 is 9.88 Å². The van der Waals surface area contributed by atoms with Gasteiger partial charge in [0.2, 0.25) is 9.84 Å². The molecule has 1 aliphatic rings. The minimum absolute atomic E-state index is 0.404. The Kier molecular flexibility index (Phi) is 4.20. The Hall–Kier alpha value is -1.63. The van der Waals surface area contributed by atoms with Crippen molar-refractivity contribution in [2.24, 2.45) is 0 Å². The zero-order chi connectivity index (χ0) is 16.6. The van der Waals surface area contributed by atoms with Crippen LogP contribution in [0.4, 0.5) is 0 Å². The molecule has 1 saturated heterocycles. The summed E-state index contributed by atoms with van der Waals surface area (Å²) in [5.41, 5.74) is 0.986. The lowest BCUT2D eigenvalue weighted by atomic mass is 10.1. The molecule has 0 spiro atoms. The Bertz CT molecular complexity index is 937. The van der Waals surface area contributed by atoms with Crippen LogP contribution in [0.2, 0.25) is 0 Å². The molecule has 1 aromatic carbocycles. The van der Waals surface area contributed by atoms with Crippen LogP contribution in [-0.2, 0) is 16.4 Å². The first-order valence-corrected chi connectivity index (χ1v) is 10.6. The molecule has 126 valence electrons. The highest BCUT2D eigenvalue weighted by Gasteiger charge is 2.25. The third kappa shape index (κ3) is 2.79. The van der Waals surface area contributed by atoms with Gasteiger partial charge in [0.05, 0.1) is 4.90 Å². The summed E-state index contributed by atoms with van der Waals surface area (Å²) in [6, 6.07) is 11.6. The van der Waals surface area contributed by atoms with Gasteiger partial charge >= 0.3 is 0 Å². The summed E-state index contributed by atoms with van der Waals surface area (Å²) >= 11 is 1.27. The lowest BCUT2D eigenvalue weighted by molar-refractivity contribution is 0.366. The average Bonchev–Trinajstić information content (AvgIpc) is 3.25. The molecular weight excluding hydrogens is 340 g/mol. The minimum atomic E-state index is -3.46. The number of rotatable bonds is 4. The van der Waals surface area contributed by atoms with E-state index in [0.29, 0.717) is 15.1 Å². The summed E-state index contributed by atoms with van der Waals surface area (Å²) in [6.45, 7) is 1.85. The second kappa shape index (κ2) is 6.35. The second-order valence-electron chi connectivity index (χ2n) is 6.25. The van der Waals surface area contributed by atoms with Gasteiger partial charge in [-0.1, -0.05) is 30.7 Å². The molecule has 0 aliphatic carbocycles. The van der Waals surface area contributed by atoms with Gasteiger partial charge in [0.25, 0.3) is 0 Å². The summed E-state index contributed by atoms with van der Waals surface area (Å²) in [4.78, 5) is 0.413. The fraction of sp³-hybridized carbons (Fsp3) is 0.333. The summed E-state index contributed by atoms with van der Waals surface area (Å²) in [7, 11) is -3.46. The van der Waals surface area contributed by atoms with Gasteiger partial charge in [0, 0.05) is 29.7 Å². The predicted octanol–water partition coefficient (Wildman–Crippen LogP) is 3.68. The van der Waals surface area contributed by atoms with E-state index < -0.39 is 9.84 Å². The summed E-state index contributed by atoms with van der Waals surface area (Å²) < 4.78 is 28.5. The van der Waals surface area contributed by atoms with E-state index >= 15 is 0 Å². The summed E-state index contributed by atoms with van der Waals surface area (Å²) in [5, 5.41) is 6.15. The van der Waals surface area contributed by atoms with Gasteiger partial charge in [0.1, 0.15) is 4.21 Å². The Morgan fingerprint density at radius 3 is 2.79 bits per heavy atom. The maximum Gasteiger partial charge on any atom is 0.218 e. The van der Waals surface area contributed by atoms with Crippen molar-refractivity contribution in [2.75, 3.05) is 6.54 Å². The molecule has 1 atom stereocenters. The maximum absolute atomic E-state index is 13.0. The number of hydrogen-bond acceptors (Lipinski definition) is 4. The van der Waals surface area contributed by atoms with Crippen LogP contribution in [0.5, 0.6) is 0 Å². The van der Waals surface area contributed by atoms with Crippen molar-refractivity contribution in [2.45, 2.75) is 41.0 Å². The van der Waals surface area contributed by atoms with Crippen LogP contribution in [-0.4, -0.2) is 25.6 Å². The van der Waals surface area contributed by atoms with E-state index in [1.165, 1.54) is 24.2 Å². The zero-order valence-electron chi connectivity index (χ0n) is 13.3. The van der Waals surface area contributed by atoms with Gasteiger partial charge in [-0.3, -0.25) is 0 Å². The number of nitrogens with one attached hydrogen (secondary N) is 1. The monoisotopic (exact) mass is 360 g/mol. The Morgan fingerprint density at radius 1 is 1.17 bits per heavy atom. The zero-order valence-corrected chi connectivity index (χ0v) is 14.9. The lowest BCUT2D eigenvalue weighted by Gasteiger charge is -2.24. The Labute approximate surface area is 146 Å². The number of piperidine rings is 1. The third-order valence-electron chi connectivity index (χ3n) is 4.63. The molecule has 0 bridgehead atoms. The normalized spacial score (nSPS) is 18.9. The van der Waals surface area contributed by atoms with Crippen LogP contribution in [0.25, 0.3) is 10.9 Å². The van der Waals surface area contributed by atoms with Crippen molar-refractivity contribution in [3.8, 4) is 0 Å². The van der Waals surface area contributed by atoms with Gasteiger partial charge in [-0.2, -0.15) is 0 Å². The number of sulfone groups is 1. The van der Waals surface area contributed by atoms with E-state index in [1.54, 1.807) is 17.5 Å². The first-order valence-electron chi connectivity index (χ1n) is 8.26. The Morgan fingerprint density at radius 2 is 2.04 bits per heavy atom. The fourth-order valence-corrected chi connectivity index (χ4v) is 6.01. The van der Waals surface area contributed by atoms with E-state index in [9.17, 15) is 8.42 Å². The first-order chi connectivity index (χ1) is 11.7. The number of aromatic nitrogens is 1. The predicted molar refractivity (Wildman–Crippen MR) is 97.4 cm³/mol. The van der Waals surface area contributed by atoms with E-state index in [0.717, 1.165) is 30.4 Å². The van der Waals surface area contributed by atoms with Crippen LogP contribution in [0, 0.1) is 0 Å². The molecule has 2 aromatic heterocycles. The van der Waals surface area contributed by atoms with Crippen molar-refractivity contribution >= 4 is 32.1 Å². The molecule has 3 heterocycles. The Balaban J connectivity index is 1.79. The first kappa shape index (κ1) is 15.9. The SMILES string of the molecule is O=S(=O)(c1cccs1)c1cn(CC2CCCCN2)c2ccccc12. The van der Waals surface area contributed by atoms with Gasteiger partial charge in [-0.15, -0.1) is 11.3 Å². The number of benzene rings is 1. The molecule has 0 saturated carbocycles. The second-order valence-corrected chi connectivity index (χ2v) is 9.34. The third-order valence-corrected chi connectivity index (χ3v) is 7.81. The van der Waals surface area contributed by atoms with Crippen LogP contribution < -0.4 is 5.32 Å². The molecule has 0 amide bonds. The highest BCUT2D eigenvalue weighted by molar-refractivity contribution is 7.93. The van der Waals surface area contributed by atoms with Crippen molar-refractivity contribution in [3.05, 3.63) is 48.0 Å². The standard InChI is InChI=1S/C18H20N2O2S2/c21-24(22,18-9-5-11-23-18)17-13-20(12-14-6-3-4-10-19-14)16-8-2-1-7-15(16)17/h1-2,5,7-9,11,13-14,19H,3-4,6,10,12H2. The number of thiophene rings is 1. The smallest absolute Gasteiger partial charge is 0.218 e. The summed E-state index contributed by atoms with van der Waals surface area (Å²) in [5.74, 6) is 0. The summed E-state index contributed by atoms with van der Waals surface area (Å²) in [6.07, 6.45) is 5.41. The highest BCUT2D eigenvalue weighted by atomic mass is 32.2. The molecular formula is C18H20N2O2S2. The number of fused-ring (bicyclic) bond motifs is 1. The number of nitrogens with zero attached hydrogens (tertiary/aromatic N) is 1. The van der Waals surface area contributed by atoms with Crippen LogP contribution in [0.1, 0.15) is 19.3 Å². The molecule has 24 heavy (non-hydrogen) atoms. The molecule has 1 fully saturated rings. The molecule has 4 nitrogen and oxygen atoms in total. The number of para-hydroxylation sites is 1. The largest absolute Gasteiger partial charge is 0.345 e. The van der Waals surface area contributed by atoms with Crippen molar-refractivity contribution in [1.29, 1.82) is 0 Å². The molecule has 1 unspecified atom stereocenters. The maximum atomic E-state index is 13.0. The van der Waals surface area contributed by atoms with E-state index in [2.05, 4.69) is 9.88 Å². The molecule has 1 aliphatic heterocycles. The van der Waals surface area contributed by atoms with Crippen LogP contribution in [0.3, 0.4) is 0 Å².